The van der Waals surface area contributed by atoms with Gasteiger partial charge >= 0.3 is 0 Å². The number of hydrogen-bond acceptors (Lipinski definition) is 2. The highest BCUT2D eigenvalue weighted by Gasteiger charge is 2.35. The highest BCUT2D eigenvalue weighted by atomic mass is 16.5. The third kappa shape index (κ3) is 2.47. The minimum absolute atomic E-state index is 0.325. The van der Waals surface area contributed by atoms with Gasteiger partial charge in [0.25, 0.3) is 0 Å². The van der Waals surface area contributed by atoms with Gasteiger partial charge < -0.3 is 14.6 Å². The summed E-state index contributed by atoms with van der Waals surface area (Å²) in [6.07, 6.45) is 4.43. The monoisotopic (exact) mass is 298 g/mol. The Morgan fingerprint density at radius 3 is 2.91 bits per heavy atom. The van der Waals surface area contributed by atoms with Crippen molar-refractivity contribution in [3.8, 4) is 5.75 Å². The van der Waals surface area contributed by atoms with E-state index in [9.17, 15) is 4.79 Å². The van der Waals surface area contributed by atoms with Gasteiger partial charge in [0.2, 0.25) is 5.91 Å². The molecule has 4 nitrogen and oxygen atoms in total. The van der Waals surface area contributed by atoms with Crippen LogP contribution < -0.4 is 4.74 Å². The number of nitrogens with zero attached hydrogens (tertiary/aromatic N) is 1. The van der Waals surface area contributed by atoms with Crippen molar-refractivity contribution in [2.75, 3.05) is 20.2 Å². The molecule has 1 saturated carbocycles. The summed E-state index contributed by atoms with van der Waals surface area (Å²) >= 11 is 0. The van der Waals surface area contributed by atoms with Crippen molar-refractivity contribution in [3.05, 3.63) is 30.0 Å². The number of benzene rings is 1. The average molecular weight is 298 g/mol. The highest BCUT2D eigenvalue weighted by molar-refractivity contribution is 5.83. The van der Waals surface area contributed by atoms with E-state index in [2.05, 4.69) is 28.1 Å². The summed E-state index contributed by atoms with van der Waals surface area (Å²) < 4.78 is 5.29. The second kappa shape index (κ2) is 5.34. The van der Waals surface area contributed by atoms with Crippen LogP contribution in [0.1, 0.15) is 37.3 Å². The predicted octanol–water partition coefficient (Wildman–Crippen LogP) is 3.29. The van der Waals surface area contributed by atoms with Crippen LogP contribution in [-0.4, -0.2) is 36.0 Å². The molecule has 2 aromatic rings. The minimum atomic E-state index is 0.325. The molecule has 2 fully saturated rings. The van der Waals surface area contributed by atoms with Gasteiger partial charge in [0.05, 0.1) is 7.11 Å². The molecule has 1 unspecified atom stereocenters. The Balaban J connectivity index is 1.56. The lowest BCUT2D eigenvalue weighted by Gasteiger charge is -2.32. The van der Waals surface area contributed by atoms with Crippen LogP contribution in [0.2, 0.25) is 0 Å². The van der Waals surface area contributed by atoms with Crippen molar-refractivity contribution in [1.29, 1.82) is 0 Å². The normalized spacial score (nSPS) is 22.0. The van der Waals surface area contributed by atoms with Crippen LogP contribution in [0.4, 0.5) is 0 Å². The Kier molecular flexibility index (Phi) is 3.32. The van der Waals surface area contributed by atoms with Crippen LogP contribution in [-0.2, 0) is 4.79 Å². The van der Waals surface area contributed by atoms with E-state index >= 15 is 0 Å². The molecule has 1 saturated heterocycles. The van der Waals surface area contributed by atoms with Gasteiger partial charge in [-0.25, -0.2) is 0 Å². The number of aromatic amines is 1. The van der Waals surface area contributed by atoms with Crippen LogP contribution >= 0.6 is 0 Å². The summed E-state index contributed by atoms with van der Waals surface area (Å²) in [5.74, 6) is 2.01. The molecule has 1 amide bonds. The number of H-pyrrole nitrogens is 1. The van der Waals surface area contributed by atoms with Gasteiger partial charge in [0.1, 0.15) is 5.75 Å². The number of ether oxygens (including phenoxy) is 1. The quantitative estimate of drug-likeness (QED) is 0.945. The first-order valence-electron chi connectivity index (χ1n) is 8.20. The molecule has 0 radical (unpaired) electrons. The molecular formula is C18H22N2O2. The van der Waals surface area contributed by atoms with E-state index in [0.717, 1.165) is 50.0 Å². The van der Waals surface area contributed by atoms with E-state index in [-0.39, 0.29) is 0 Å². The molecule has 4 heteroatoms. The van der Waals surface area contributed by atoms with Crippen LogP contribution in [0.3, 0.4) is 0 Å². The summed E-state index contributed by atoms with van der Waals surface area (Å²) in [5, 5.41) is 1.18. The number of aromatic nitrogens is 1. The molecule has 116 valence electrons. The second-order valence-corrected chi connectivity index (χ2v) is 6.58. The molecule has 0 spiro atoms. The number of piperidine rings is 1. The molecule has 0 bridgehead atoms. The lowest BCUT2D eigenvalue weighted by Crippen LogP contribution is -2.40. The summed E-state index contributed by atoms with van der Waals surface area (Å²) in [6, 6.07) is 8.32. The Bertz CT molecular complexity index is 702. The van der Waals surface area contributed by atoms with Gasteiger partial charge in [-0.05, 0) is 49.9 Å². The molecule has 1 N–H and O–H groups in total. The molecule has 1 aliphatic carbocycles. The van der Waals surface area contributed by atoms with E-state index in [0.29, 0.717) is 17.7 Å². The predicted molar refractivity (Wildman–Crippen MR) is 86.1 cm³/mol. The first-order valence-corrected chi connectivity index (χ1v) is 8.20. The smallest absolute Gasteiger partial charge is 0.225 e. The van der Waals surface area contributed by atoms with E-state index < -0.39 is 0 Å². The molecule has 1 aliphatic heterocycles. The summed E-state index contributed by atoms with van der Waals surface area (Å²) in [7, 11) is 1.69. The number of methoxy groups -OCH3 is 1. The van der Waals surface area contributed by atoms with E-state index in [1.165, 1.54) is 11.1 Å². The average Bonchev–Trinajstić information content (AvgIpc) is 3.32. The van der Waals surface area contributed by atoms with Gasteiger partial charge in [0.15, 0.2) is 0 Å². The number of carbonyl (C=O) groups is 1. The van der Waals surface area contributed by atoms with Crippen LogP contribution in [0.15, 0.2) is 24.3 Å². The maximum absolute atomic E-state index is 12.3. The molecule has 1 aromatic heterocycles. The fourth-order valence-corrected chi connectivity index (χ4v) is 3.50. The highest BCUT2D eigenvalue weighted by Crippen LogP contribution is 2.35. The number of hydrogen-bond donors (Lipinski definition) is 1. The Morgan fingerprint density at radius 2 is 2.14 bits per heavy atom. The number of fused-ring (bicyclic) bond motifs is 1. The fraction of sp³-hybridized carbons (Fsp3) is 0.500. The zero-order valence-corrected chi connectivity index (χ0v) is 13.0. The molecule has 22 heavy (non-hydrogen) atoms. The van der Waals surface area contributed by atoms with Crippen LogP contribution in [0.25, 0.3) is 10.9 Å². The number of likely N-dealkylation sites (tertiary alicyclic amines) is 1. The zero-order valence-electron chi connectivity index (χ0n) is 13.0. The van der Waals surface area contributed by atoms with Gasteiger partial charge in [0, 0.05) is 41.5 Å². The van der Waals surface area contributed by atoms with E-state index in [4.69, 9.17) is 4.74 Å². The first kappa shape index (κ1) is 13.7. The maximum Gasteiger partial charge on any atom is 0.225 e. The second-order valence-electron chi connectivity index (χ2n) is 6.58. The lowest BCUT2D eigenvalue weighted by atomic mass is 9.94. The molecule has 2 aliphatic rings. The minimum Gasteiger partial charge on any atom is -0.497 e. The van der Waals surface area contributed by atoms with Crippen molar-refractivity contribution >= 4 is 16.8 Å². The number of amides is 1. The number of nitrogens with one attached hydrogen (secondary N) is 1. The number of carbonyl (C=O) groups excluding carboxylic acids is 1. The van der Waals surface area contributed by atoms with Crippen LogP contribution in [0.5, 0.6) is 5.75 Å². The van der Waals surface area contributed by atoms with E-state index in [1.807, 2.05) is 6.07 Å². The maximum atomic E-state index is 12.3. The van der Waals surface area contributed by atoms with Crippen molar-refractivity contribution in [1.82, 2.24) is 9.88 Å². The van der Waals surface area contributed by atoms with E-state index in [1.54, 1.807) is 7.11 Å². The standard InChI is InChI=1S/C18H22N2O2/c1-22-15-6-7-16-14(9-15)10-17(19-16)13-3-2-8-20(11-13)18(21)12-4-5-12/h6-7,9-10,12-13,19H,2-5,8,11H2,1H3. The SMILES string of the molecule is COc1ccc2[nH]c(C3CCCN(C(=O)C4CC4)C3)cc2c1. The van der Waals surface area contributed by atoms with Gasteiger partial charge in [-0.1, -0.05) is 0 Å². The molecule has 1 aromatic carbocycles. The van der Waals surface area contributed by atoms with Crippen molar-refractivity contribution in [2.45, 2.75) is 31.6 Å². The Hall–Kier alpha value is -1.97. The molecule has 4 rings (SSSR count). The third-order valence-electron chi connectivity index (χ3n) is 4.95. The summed E-state index contributed by atoms with van der Waals surface area (Å²) in [5.41, 5.74) is 2.39. The molecule has 2 heterocycles. The Labute approximate surface area is 130 Å². The largest absolute Gasteiger partial charge is 0.497 e. The summed E-state index contributed by atoms with van der Waals surface area (Å²) in [6.45, 7) is 1.79. The Morgan fingerprint density at radius 1 is 1.27 bits per heavy atom. The van der Waals surface area contributed by atoms with Gasteiger partial charge in [-0.3, -0.25) is 4.79 Å². The van der Waals surface area contributed by atoms with Crippen molar-refractivity contribution in [2.24, 2.45) is 5.92 Å². The van der Waals surface area contributed by atoms with Crippen LogP contribution in [0, 0.1) is 5.92 Å². The lowest BCUT2D eigenvalue weighted by molar-refractivity contribution is -0.133. The topological polar surface area (TPSA) is 45.3 Å². The molecule has 1 atom stereocenters. The zero-order chi connectivity index (χ0) is 15.1. The van der Waals surface area contributed by atoms with Gasteiger partial charge in [-0.15, -0.1) is 0 Å². The number of rotatable bonds is 3. The fourth-order valence-electron chi connectivity index (χ4n) is 3.50. The third-order valence-corrected chi connectivity index (χ3v) is 4.95. The van der Waals surface area contributed by atoms with Crippen molar-refractivity contribution in [3.63, 3.8) is 0 Å². The first-order chi connectivity index (χ1) is 10.7. The van der Waals surface area contributed by atoms with Crippen molar-refractivity contribution < 1.29 is 9.53 Å². The van der Waals surface area contributed by atoms with Gasteiger partial charge in [-0.2, -0.15) is 0 Å². The summed E-state index contributed by atoms with van der Waals surface area (Å²) in [4.78, 5) is 17.9. The molecular weight excluding hydrogens is 276 g/mol.